The van der Waals surface area contributed by atoms with Crippen LogP contribution in [0, 0.1) is 11.3 Å². The molecule has 1 aromatic heterocycles. The lowest BCUT2D eigenvalue weighted by molar-refractivity contribution is -0.192. The molecule has 1 saturated carbocycles. The highest BCUT2D eigenvalue weighted by Gasteiger charge is 2.47. The molecular weight excluding hydrogens is 429 g/mol. The Kier molecular flexibility index (Phi) is 8.10. The van der Waals surface area contributed by atoms with Crippen molar-refractivity contribution in [3.63, 3.8) is 0 Å². The molecule has 178 valence electrons. The lowest BCUT2D eigenvalue weighted by Crippen LogP contribution is -2.58. The van der Waals surface area contributed by atoms with Gasteiger partial charge in [-0.1, -0.05) is 6.42 Å². The second-order valence-electron chi connectivity index (χ2n) is 8.69. The van der Waals surface area contributed by atoms with E-state index in [0.29, 0.717) is 6.61 Å². The van der Waals surface area contributed by atoms with Gasteiger partial charge in [-0.25, -0.2) is 4.79 Å². The lowest BCUT2D eigenvalue weighted by atomic mass is 9.73. The Labute approximate surface area is 184 Å². The number of likely N-dealkylation sites (tertiary alicyclic amines) is 1. The molecule has 0 radical (unpaired) electrons. The maximum absolute atomic E-state index is 12.9. The number of aliphatic carboxylic acids is 1. The number of hydrogen-bond donors (Lipinski definition) is 1. The Hall–Kier alpha value is -2.20. The molecule has 2 unspecified atom stereocenters. The Balaban J connectivity index is 0.000000360. The highest BCUT2D eigenvalue weighted by molar-refractivity contribution is 5.94. The molecule has 1 amide bonds. The molecule has 2 atom stereocenters. The van der Waals surface area contributed by atoms with Crippen molar-refractivity contribution >= 4 is 11.9 Å². The highest BCUT2D eigenvalue weighted by atomic mass is 19.4. The molecule has 1 aliphatic carbocycles. The zero-order valence-corrected chi connectivity index (χ0v) is 17.9. The summed E-state index contributed by atoms with van der Waals surface area (Å²) in [6.45, 7) is 3.92. The van der Waals surface area contributed by atoms with Crippen molar-refractivity contribution < 1.29 is 37.3 Å². The van der Waals surface area contributed by atoms with E-state index >= 15 is 0 Å². The van der Waals surface area contributed by atoms with E-state index in [-0.39, 0.29) is 17.4 Å². The third kappa shape index (κ3) is 6.19. The van der Waals surface area contributed by atoms with Crippen LogP contribution in [0.3, 0.4) is 0 Å². The van der Waals surface area contributed by atoms with E-state index in [1.807, 2.05) is 4.90 Å². The van der Waals surface area contributed by atoms with Gasteiger partial charge in [0.05, 0.1) is 12.7 Å². The van der Waals surface area contributed by atoms with E-state index in [9.17, 15) is 18.0 Å². The largest absolute Gasteiger partial charge is 0.490 e. The van der Waals surface area contributed by atoms with Gasteiger partial charge in [-0.15, -0.1) is 0 Å². The number of pyridine rings is 1. The maximum Gasteiger partial charge on any atom is 0.490 e. The fourth-order valence-corrected chi connectivity index (χ4v) is 4.44. The van der Waals surface area contributed by atoms with Gasteiger partial charge in [0.2, 0.25) is 0 Å². The highest BCUT2D eigenvalue weighted by Crippen LogP contribution is 2.41. The maximum atomic E-state index is 12.9. The molecule has 2 aliphatic heterocycles. The number of carbonyl (C=O) groups is 2. The number of alkyl halides is 3. The fourth-order valence-electron chi connectivity index (χ4n) is 4.44. The Morgan fingerprint density at radius 1 is 1.22 bits per heavy atom. The molecule has 0 spiro atoms. The van der Waals surface area contributed by atoms with Gasteiger partial charge in [-0.05, 0) is 50.2 Å². The van der Waals surface area contributed by atoms with Crippen molar-refractivity contribution in [3.8, 4) is 0 Å². The molecular formula is C22H29F3N2O5. The zero-order chi connectivity index (χ0) is 23.2. The van der Waals surface area contributed by atoms with Gasteiger partial charge in [-0.2, -0.15) is 13.2 Å². The van der Waals surface area contributed by atoms with E-state index in [0.717, 1.165) is 57.0 Å². The zero-order valence-electron chi connectivity index (χ0n) is 17.9. The predicted molar refractivity (Wildman–Crippen MR) is 108 cm³/mol. The Morgan fingerprint density at radius 2 is 1.91 bits per heavy atom. The van der Waals surface area contributed by atoms with Crippen LogP contribution in [0.15, 0.2) is 24.5 Å². The second-order valence-corrected chi connectivity index (χ2v) is 8.69. The van der Waals surface area contributed by atoms with E-state index < -0.39 is 12.1 Å². The summed E-state index contributed by atoms with van der Waals surface area (Å²) in [7, 11) is 0. The smallest absolute Gasteiger partial charge is 0.475 e. The van der Waals surface area contributed by atoms with Crippen molar-refractivity contribution in [2.45, 2.75) is 50.8 Å². The molecule has 0 bridgehead atoms. The molecule has 0 aromatic carbocycles. The molecule has 32 heavy (non-hydrogen) atoms. The SMILES string of the molecule is O=C(O)C(F)(F)F.O=C(c1ccncc1)N1CCC2OCCCC2(COCC2CCC2)C1. The first-order chi connectivity index (χ1) is 15.2. The number of hydrogen-bond acceptors (Lipinski definition) is 5. The quantitative estimate of drug-likeness (QED) is 0.726. The van der Waals surface area contributed by atoms with Gasteiger partial charge in [0.1, 0.15) is 0 Å². The van der Waals surface area contributed by atoms with Gasteiger partial charge in [0.15, 0.2) is 0 Å². The minimum Gasteiger partial charge on any atom is -0.475 e. The van der Waals surface area contributed by atoms with Gasteiger partial charge >= 0.3 is 12.1 Å². The molecule has 3 aliphatic rings. The van der Waals surface area contributed by atoms with Crippen molar-refractivity contribution in [2.24, 2.45) is 11.3 Å². The Bertz CT molecular complexity index is 773. The molecule has 7 nitrogen and oxygen atoms in total. The number of carbonyl (C=O) groups excluding carboxylic acids is 1. The van der Waals surface area contributed by atoms with Crippen molar-refractivity contribution in [2.75, 3.05) is 32.9 Å². The van der Waals surface area contributed by atoms with Crippen LogP contribution in [0.1, 0.15) is 48.9 Å². The number of amides is 1. The summed E-state index contributed by atoms with van der Waals surface area (Å²) in [6.07, 6.45) is 5.51. The summed E-state index contributed by atoms with van der Waals surface area (Å²) in [5, 5.41) is 7.12. The van der Waals surface area contributed by atoms with Gasteiger partial charge in [0.25, 0.3) is 5.91 Å². The summed E-state index contributed by atoms with van der Waals surface area (Å²) < 4.78 is 44.0. The van der Waals surface area contributed by atoms with Crippen LogP contribution in [-0.2, 0) is 14.3 Å². The average molecular weight is 458 g/mol. The molecule has 3 fully saturated rings. The average Bonchev–Trinajstić information content (AvgIpc) is 2.75. The summed E-state index contributed by atoms with van der Waals surface area (Å²) >= 11 is 0. The van der Waals surface area contributed by atoms with Crippen LogP contribution in [0.2, 0.25) is 0 Å². The second kappa shape index (κ2) is 10.6. The third-order valence-electron chi connectivity index (χ3n) is 6.41. The van der Waals surface area contributed by atoms with Crippen LogP contribution in [0.4, 0.5) is 13.2 Å². The van der Waals surface area contributed by atoms with Crippen molar-refractivity contribution in [1.82, 2.24) is 9.88 Å². The number of rotatable bonds is 5. The number of halogens is 3. The third-order valence-corrected chi connectivity index (χ3v) is 6.41. The summed E-state index contributed by atoms with van der Waals surface area (Å²) in [5.74, 6) is -1.91. The van der Waals surface area contributed by atoms with E-state index in [2.05, 4.69) is 4.98 Å². The summed E-state index contributed by atoms with van der Waals surface area (Å²) in [5.41, 5.74) is 0.680. The number of carboxylic acid groups (broad SMARTS) is 1. The molecule has 2 saturated heterocycles. The summed E-state index contributed by atoms with van der Waals surface area (Å²) in [6, 6.07) is 3.59. The van der Waals surface area contributed by atoms with Crippen LogP contribution in [0.25, 0.3) is 0 Å². The number of aromatic nitrogens is 1. The van der Waals surface area contributed by atoms with E-state index in [1.165, 1.54) is 19.3 Å². The first-order valence-corrected chi connectivity index (χ1v) is 10.9. The van der Waals surface area contributed by atoms with E-state index in [1.54, 1.807) is 24.5 Å². The number of carboxylic acids is 1. The number of ether oxygens (including phenoxy) is 2. The molecule has 1 N–H and O–H groups in total. The number of piperidine rings is 1. The monoisotopic (exact) mass is 458 g/mol. The molecule has 3 heterocycles. The topological polar surface area (TPSA) is 89.0 Å². The Morgan fingerprint density at radius 3 is 2.50 bits per heavy atom. The number of nitrogens with zero attached hydrogens (tertiary/aromatic N) is 2. The predicted octanol–water partition coefficient (Wildman–Crippen LogP) is 3.54. The molecule has 1 aromatic rings. The van der Waals surface area contributed by atoms with Crippen LogP contribution in [-0.4, -0.2) is 72.1 Å². The molecule has 4 rings (SSSR count). The summed E-state index contributed by atoms with van der Waals surface area (Å²) in [4.78, 5) is 27.8. The molecule has 10 heteroatoms. The van der Waals surface area contributed by atoms with Crippen LogP contribution in [0.5, 0.6) is 0 Å². The first kappa shape index (κ1) is 24.4. The standard InChI is InChI=1S/C20H28N2O3.C2HF3O2/c23-19(17-5-9-21-10-6-17)22-11-7-18-20(14-22,8-2-12-25-18)15-24-13-16-3-1-4-16;3-2(4,5)1(6)7/h5-6,9-10,16,18H,1-4,7-8,11-15H2;(H,6,7). The lowest BCUT2D eigenvalue weighted by Gasteiger charge is -2.50. The van der Waals surface area contributed by atoms with E-state index in [4.69, 9.17) is 19.4 Å². The van der Waals surface area contributed by atoms with Crippen LogP contribution >= 0.6 is 0 Å². The van der Waals surface area contributed by atoms with Gasteiger partial charge in [-0.3, -0.25) is 9.78 Å². The van der Waals surface area contributed by atoms with Crippen LogP contribution < -0.4 is 0 Å². The van der Waals surface area contributed by atoms with Gasteiger partial charge in [0, 0.05) is 49.7 Å². The van der Waals surface area contributed by atoms with Gasteiger partial charge < -0.3 is 19.5 Å². The minimum atomic E-state index is -5.08. The fraction of sp³-hybridized carbons (Fsp3) is 0.682. The van der Waals surface area contributed by atoms with Crippen molar-refractivity contribution in [1.29, 1.82) is 0 Å². The minimum absolute atomic E-state index is 0.0388. The first-order valence-electron chi connectivity index (χ1n) is 10.9. The number of fused-ring (bicyclic) bond motifs is 1. The van der Waals surface area contributed by atoms with Crippen molar-refractivity contribution in [3.05, 3.63) is 30.1 Å². The normalized spacial score (nSPS) is 25.7.